The molecule has 0 unspecified atom stereocenters. The Kier molecular flexibility index (Phi) is 7.32. The van der Waals surface area contributed by atoms with Gasteiger partial charge in [0.25, 0.3) is 0 Å². The third kappa shape index (κ3) is 5.47. The van der Waals surface area contributed by atoms with Gasteiger partial charge >= 0.3 is 0 Å². The number of ether oxygens (including phenoxy) is 1. The van der Waals surface area contributed by atoms with E-state index in [9.17, 15) is 5.11 Å². The van der Waals surface area contributed by atoms with Gasteiger partial charge in [-0.25, -0.2) is 0 Å². The van der Waals surface area contributed by atoms with E-state index in [1.165, 1.54) is 5.56 Å². The number of benzene rings is 3. The molecule has 202 valence electrons. The Bertz CT molecular complexity index is 1340. The van der Waals surface area contributed by atoms with Gasteiger partial charge in [-0.05, 0) is 59.5 Å². The highest BCUT2D eigenvalue weighted by Crippen LogP contribution is 2.43. The number of aliphatic hydroxyl groups is 1. The summed E-state index contributed by atoms with van der Waals surface area (Å²) in [6.07, 6.45) is 6.82. The number of rotatable bonds is 7. The summed E-state index contributed by atoms with van der Waals surface area (Å²) in [7, 11) is -1.87. The Labute approximate surface area is 233 Å². The first kappa shape index (κ1) is 27.0. The van der Waals surface area contributed by atoms with E-state index >= 15 is 0 Å². The van der Waals surface area contributed by atoms with E-state index in [1.807, 2.05) is 78.9 Å². The fourth-order valence-electron chi connectivity index (χ4n) is 4.91. The minimum Gasteiger partial charge on any atom is -0.544 e. The SMILES string of the molecule is CC(C)(C)[Si](C)(C)Oc1ccc(C[C@H]2CO/C(=C3\C=CC=C3C(O)(c3ccccc3)c3ccccc3)N2)cc1. The second kappa shape index (κ2) is 10.6. The molecule has 1 saturated heterocycles. The number of hydrogen-bond acceptors (Lipinski definition) is 4. The molecule has 39 heavy (non-hydrogen) atoms. The van der Waals surface area contributed by atoms with Crippen molar-refractivity contribution in [3.05, 3.63) is 137 Å². The second-order valence-corrected chi connectivity index (χ2v) is 16.7. The molecule has 0 aromatic heterocycles. The van der Waals surface area contributed by atoms with Gasteiger partial charge in [0.05, 0.1) is 6.04 Å². The van der Waals surface area contributed by atoms with E-state index < -0.39 is 13.9 Å². The Morgan fingerprint density at radius 1 is 0.897 bits per heavy atom. The van der Waals surface area contributed by atoms with Crippen LogP contribution in [0.15, 0.2) is 120 Å². The van der Waals surface area contributed by atoms with Gasteiger partial charge < -0.3 is 19.6 Å². The van der Waals surface area contributed by atoms with Crippen LogP contribution in [0.4, 0.5) is 0 Å². The van der Waals surface area contributed by atoms with Gasteiger partial charge in [-0.2, -0.15) is 0 Å². The summed E-state index contributed by atoms with van der Waals surface area (Å²) in [6.45, 7) is 11.9. The normalized spacial score (nSPS) is 19.4. The van der Waals surface area contributed by atoms with Crippen molar-refractivity contribution < 1.29 is 14.3 Å². The molecule has 1 atom stereocenters. The zero-order valence-electron chi connectivity index (χ0n) is 23.6. The van der Waals surface area contributed by atoms with E-state index in [-0.39, 0.29) is 11.1 Å². The fourth-order valence-corrected chi connectivity index (χ4v) is 5.95. The van der Waals surface area contributed by atoms with Crippen LogP contribution >= 0.6 is 0 Å². The lowest BCUT2D eigenvalue weighted by Crippen LogP contribution is -2.43. The summed E-state index contributed by atoms with van der Waals surface area (Å²) < 4.78 is 12.6. The van der Waals surface area contributed by atoms with Crippen molar-refractivity contribution in [3.8, 4) is 5.75 Å². The van der Waals surface area contributed by atoms with Crippen LogP contribution in [0.1, 0.15) is 37.5 Å². The average Bonchev–Trinajstić information content (AvgIpc) is 3.60. The Balaban J connectivity index is 1.34. The maximum atomic E-state index is 12.3. The molecule has 0 bridgehead atoms. The minimum absolute atomic E-state index is 0.136. The van der Waals surface area contributed by atoms with Crippen LogP contribution in [-0.4, -0.2) is 26.1 Å². The van der Waals surface area contributed by atoms with Gasteiger partial charge in [-0.15, -0.1) is 0 Å². The standard InChI is InChI=1S/C34H39NO3Si/c1-33(2,3)39(4,5)38-29-21-19-25(20-22-29)23-28-24-37-32(35-28)30-17-12-18-31(30)34(36,26-13-8-6-9-14-26)27-15-10-7-11-16-27/h6-22,28,35-36H,23-24H2,1-5H3/b32-30+/t28-/m0/s1. The third-order valence-electron chi connectivity index (χ3n) is 8.18. The van der Waals surface area contributed by atoms with Gasteiger partial charge in [0.1, 0.15) is 18.0 Å². The first-order valence-corrected chi connectivity index (χ1v) is 16.6. The van der Waals surface area contributed by atoms with Crippen LogP contribution in [0.25, 0.3) is 0 Å². The molecule has 1 aliphatic heterocycles. The second-order valence-electron chi connectivity index (χ2n) is 12.0. The first-order valence-electron chi connectivity index (χ1n) is 13.7. The summed E-state index contributed by atoms with van der Waals surface area (Å²) in [5, 5.41) is 16.1. The fraction of sp³-hybridized carbons (Fsp3) is 0.294. The van der Waals surface area contributed by atoms with E-state index in [2.05, 4.69) is 63.4 Å². The van der Waals surface area contributed by atoms with Gasteiger partial charge in [-0.1, -0.05) is 106 Å². The van der Waals surface area contributed by atoms with Crippen molar-refractivity contribution in [2.75, 3.05) is 6.61 Å². The van der Waals surface area contributed by atoms with Crippen molar-refractivity contribution in [1.82, 2.24) is 5.32 Å². The first-order chi connectivity index (χ1) is 18.6. The van der Waals surface area contributed by atoms with E-state index in [0.717, 1.165) is 34.4 Å². The Hall–Kier alpha value is -3.54. The predicted octanol–water partition coefficient (Wildman–Crippen LogP) is 7.25. The smallest absolute Gasteiger partial charge is 0.250 e. The van der Waals surface area contributed by atoms with E-state index in [0.29, 0.717) is 12.5 Å². The lowest BCUT2D eigenvalue weighted by Gasteiger charge is -2.36. The maximum Gasteiger partial charge on any atom is 0.250 e. The van der Waals surface area contributed by atoms with Crippen molar-refractivity contribution in [1.29, 1.82) is 0 Å². The molecule has 2 N–H and O–H groups in total. The maximum absolute atomic E-state index is 12.3. The molecule has 5 rings (SSSR count). The minimum atomic E-state index is -1.87. The van der Waals surface area contributed by atoms with Crippen LogP contribution in [0.2, 0.25) is 18.1 Å². The zero-order valence-corrected chi connectivity index (χ0v) is 24.6. The molecule has 0 radical (unpaired) electrons. The number of nitrogens with one attached hydrogen (secondary N) is 1. The van der Waals surface area contributed by atoms with Crippen molar-refractivity contribution in [2.45, 2.75) is 57.0 Å². The molecule has 3 aromatic rings. The van der Waals surface area contributed by atoms with Gasteiger partial charge in [0, 0.05) is 11.1 Å². The zero-order chi connectivity index (χ0) is 27.7. The number of hydrogen-bond donors (Lipinski definition) is 2. The van der Waals surface area contributed by atoms with Gasteiger partial charge in [0.2, 0.25) is 8.32 Å². The molecule has 2 aliphatic rings. The van der Waals surface area contributed by atoms with Crippen molar-refractivity contribution in [2.24, 2.45) is 0 Å². The quantitative estimate of drug-likeness (QED) is 0.312. The van der Waals surface area contributed by atoms with Crippen molar-refractivity contribution in [3.63, 3.8) is 0 Å². The monoisotopic (exact) mass is 537 g/mol. The summed E-state index contributed by atoms with van der Waals surface area (Å²) in [5.74, 6) is 1.65. The highest BCUT2D eigenvalue weighted by Gasteiger charge is 2.40. The molecular formula is C34H39NO3Si. The molecular weight excluding hydrogens is 498 g/mol. The van der Waals surface area contributed by atoms with Crippen LogP contribution in [0, 0.1) is 0 Å². The summed E-state index contributed by atoms with van der Waals surface area (Å²) in [4.78, 5) is 0. The van der Waals surface area contributed by atoms with Crippen LogP contribution in [0.3, 0.4) is 0 Å². The molecule has 1 heterocycles. The van der Waals surface area contributed by atoms with Crippen molar-refractivity contribution >= 4 is 8.32 Å². The summed E-state index contributed by atoms with van der Waals surface area (Å²) >= 11 is 0. The van der Waals surface area contributed by atoms with E-state index in [4.69, 9.17) is 9.16 Å². The summed E-state index contributed by atoms with van der Waals surface area (Å²) in [5.41, 5.74) is 3.24. The molecule has 0 saturated carbocycles. The highest BCUT2D eigenvalue weighted by molar-refractivity contribution is 6.74. The van der Waals surface area contributed by atoms with Gasteiger partial charge in [0.15, 0.2) is 5.88 Å². The van der Waals surface area contributed by atoms with Crippen LogP contribution in [-0.2, 0) is 16.8 Å². The highest BCUT2D eigenvalue weighted by atomic mass is 28.4. The third-order valence-corrected chi connectivity index (χ3v) is 12.5. The average molecular weight is 538 g/mol. The largest absolute Gasteiger partial charge is 0.544 e. The molecule has 1 fully saturated rings. The number of allylic oxidation sites excluding steroid dienone is 3. The van der Waals surface area contributed by atoms with Crippen LogP contribution < -0.4 is 9.74 Å². The summed E-state index contributed by atoms with van der Waals surface area (Å²) in [6, 6.07) is 28.3. The molecule has 1 aliphatic carbocycles. The molecule has 5 heteroatoms. The lowest BCUT2D eigenvalue weighted by molar-refractivity contribution is 0.123. The molecule has 4 nitrogen and oxygen atoms in total. The topological polar surface area (TPSA) is 50.7 Å². The van der Waals surface area contributed by atoms with Crippen LogP contribution in [0.5, 0.6) is 5.75 Å². The lowest BCUT2D eigenvalue weighted by atomic mass is 9.78. The molecule has 0 spiro atoms. The molecule has 0 amide bonds. The molecule has 3 aromatic carbocycles. The van der Waals surface area contributed by atoms with Gasteiger partial charge in [-0.3, -0.25) is 0 Å². The predicted molar refractivity (Wildman–Crippen MR) is 161 cm³/mol. The van der Waals surface area contributed by atoms with E-state index in [1.54, 1.807) is 0 Å². The Morgan fingerprint density at radius 2 is 1.49 bits per heavy atom. The Morgan fingerprint density at radius 3 is 2.05 bits per heavy atom.